The summed E-state index contributed by atoms with van der Waals surface area (Å²) in [5.74, 6) is 2.49. The van der Waals surface area contributed by atoms with Crippen molar-refractivity contribution in [3.05, 3.63) is 0 Å². The Bertz CT molecular complexity index is 232. The van der Waals surface area contributed by atoms with Gasteiger partial charge in [0.05, 0.1) is 6.61 Å². The standard InChI is InChI=1S/C12H23NO2S/c1-12(2,3)11(14)13(6-7-15-4)10-5-8-16-9-10/h10H,5-9H2,1-4H3. The molecule has 1 unspecified atom stereocenters. The van der Waals surface area contributed by atoms with Gasteiger partial charge in [-0.15, -0.1) is 0 Å². The minimum atomic E-state index is -0.291. The van der Waals surface area contributed by atoms with Gasteiger partial charge < -0.3 is 9.64 Å². The van der Waals surface area contributed by atoms with Gasteiger partial charge in [0.1, 0.15) is 0 Å². The first-order chi connectivity index (χ1) is 7.46. The lowest BCUT2D eigenvalue weighted by molar-refractivity contribution is -0.142. The van der Waals surface area contributed by atoms with E-state index < -0.39 is 0 Å². The molecule has 1 heterocycles. The van der Waals surface area contributed by atoms with Crippen molar-refractivity contribution in [3.8, 4) is 0 Å². The van der Waals surface area contributed by atoms with Crippen LogP contribution in [-0.4, -0.2) is 48.6 Å². The number of nitrogens with zero attached hydrogens (tertiary/aromatic N) is 1. The van der Waals surface area contributed by atoms with Gasteiger partial charge in [-0.05, 0) is 12.2 Å². The third-order valence-corrected chi connectivity index (χ3v) is 3.93. The van der Waals surface area contributed by atoms with Crippen molar-refractivity contribution < 1.29 is 9.53 Å². The molecule has 0 aromatic rings. The first-order valence-corrected chi connectivity index (χ1v) is 7.00. The molecule has 0 spiro atoms. The lowest BCUT2D eigenvalue weighted by atomic mass is 9.93. The van der Waals surface area contributed by atoms with E-state index in [1.165, 1.54) is 5.75 Å². The molecule has 0 saturated carbocycles. The van der Waals surface area contributed by atoms with Crippen LogP contribution in [0, 0.1) is 5.41 Å². The summed E-state index contributed by atoms with van der Waals surface area (Å²) in [4.78, 5) is 14.3. The number of carbonyl (C=O) groups is 1. The molecule has 16 heavy (non-hydrogen) atoms. The number of thioether (sulfide) groups is 1. The Morgan fingerprint density at radius 1 is 1.50 bits per heavy atom. The largest absolute Gasteiger partial charge is 0.383 e. The summed E-state index contributed by atoms with van der Waals surface area (Å²) in [6, 6.07) is 0.409. The highest BCUT2D eigenvalue weighted by Crippen LogP contribution is 2.26. The van der Waals surface area contributed by atoms with Crippen LogP contribution in [0.15, 0.2) is 0 Å². The van der Waals surface area contributed by atoms with E-state index in [1.807, 2.05) is 37.4 Å². The number of ether oxygens (including phenoxy) is 1. The van der Waals surface area contributed by atoms with E-state index in [4.69, 9.17) is 4.74 Å². The summed E-state index contributed by atoms with van der Waals surface area (Å²) < 4.78 is 5.09. The maximum atomic E-state index is 12.3. The van der Waals surface area contributed by atoms with Crippen LogP contribution in [0.4, 0.5) is 0 Å². The van der Waals surface area contributed by atoms with Gasteiger partial charge >= 0.3 is 0 Å². The molecule has 1 rings (SSSR count). The van der Waals surface area contributed by atoms with Crippen LogP contribution in [0.1, 0.15) is 27.2 Å². The Morgan fingerprint density at radius 2 is 2.19 bits per heavy atom. The van der Waals surface area contributed by atoms with Crippen molar-refractivity contribution >= 4 is 17.7 Å². The average molecular weight is 245 g/mol. The molecule has 1 aliphatic rings. The first-order valence-electron chi connectivity index (χ1n) is 5.84. The van der Waals surface area contributed by atoms with Crippen molar-refractivity contribution in [2.45, 2.75) is 33.2 Å². The third-order valence-electron chi connectivity index (χ3n) is 2.79. The Balaban J connectivity index is 2.65. The topological polar surface area (TPSA) is 29.5 Å². The van der Waals surface area contributed by atoms with E-state index in [0.29, 0.717) is 12.6 Å². The molecule has 1 atom stereocenters. The molecule has 0 aromatic carbocycles. The van der Waals surface area contributed by atoms with Crippen molar-refractivity contribution in [2.24, 2.45) is 5.41 Å². The number of carbonyl (C=O) groups excluding carboxylic acids is 1. The summed E-state index contributed by atoms with van der Waals surface area (Å²) >= 11 is 1.94. The molecule has 1 amide bonds. The lowest BCUT2D eigenvalue weighted by Gasteiger charge is -2.33. The maximum Gasteiger partial charge on any atom is 0.228 e. The molecule has 1 aliphatic heterocycles. The van der Waals surface area contributed by atoms with Crippen LogP contribution >= 0.6 is 11.8 Å². The van der Waals surface area contributed by atoms with Crippen LogP contribution in [-0.2, 0) is 9.53 Å². The van der Waals surface area contributed by atoms with Crippen molar-refractivity contribution in [1.82, 2.24) is 4.90 Å². The van der Waals surface area contributed by atoms with Crippen LogP contribution < -0.4 is 0 Å². The number of hydrogen-bond acceptors (Lipinski definition) is 3. The van der Waals surface area contributed by atoms with E-state index in [0.717, 1.165) is 18.7 Å². The van der Waals surface area contributed by atoms with E-state index in [-0.39, 0.29) is 11.3 Å². The van der Waals surface area contributed by atoms with E-state index in [1.54, 1.807) is 7.11 Å². The summed E-state index contributed by atoms with van der Waals surface area (Å²) in [5, 5.41) is 0. The summed E-state index contributed by atoms with van der Waals surface area (Å²) in [7, 11) is 1.68. The van der Waals surface area contributed by atoms with Crippen LogP contribution in [0.5, 0.6) is 0 Å². The van der Waals surface area contributed by atoms with Crippen LogP contribution in [0.2, 0.25) is 0 Å². The SMILES string of the molecule is COCCN(C(=O)C(C)(C)C)C1CCSC1. The minimum absolute atomic E-state index is 0.247. The summed E-state index contributed by atoms with van der Waals surface area (Å²) in [6.45, 7) is 7.30. The fourth-order valence-electron chi connectivity index (χ4n) is 1.84. The van der Waals surface area contributed by atoms with E-state index in [2.05, 4.69) is 0 Å². The molecular formula is C12H23NO2S. The zero-order chi connectivity index (χ0) is 12.2. The Labute approximate surface area is 103 Å². The predicted octanol–water partition coefficient (Wildman–Crippen LogP) is 2.01. The van der Waals surface area contributed by atoms with Gasteiger partial charge in [-0.2, -0.15) is 11.8 Å². The van der Waals surface area contributed by atoms with Gasteiger partial charge in [0, 0.05) is 30.9 Å². The quantitative estimate of drug-likeness (QED) is 0.759. The molecule has 0 N–H and O–H groups in total. The highest BCUT2D eigenvalue weighted by atomic mass is 32.2. The van der Waals surface area contributed by atoms with Gasteiger partial charge in [-0.3, -0.25) is 4.79 Å². The summed E-state index contributed by atoms with van der Waals surface area (Å²) in [6.07, 6.45) is 1.12. The molecule has 1 fully saturated rings. The van der Waals surface area contributed by atoms with Crippen LogP contribution in [0.3, 0.4) is 0 Å². The smallest absolute Gasteiger partial charge is 0.228 e. The van der Waals surface area contributed by atoms with Gasteiger partial charge in [0.2, 0.25) is 5.91 Å². The lowest BCUT2D eigenvalue weighted by Crippen LogP contribution is -2.47. The predicted molar refractivity (Wildman–Crippen MR) is 68.8 cm³/mol. The Kier molecular flexibility index (Phi) is 5.12. The number of rotatable bonds is 4. The van der Waals surface area contributed by atoms with Gasteiger partial charge in [-0.25, -0.2) is 0 Å². The minimum Gasteiger partial charge on any atom is -0.383 e. The summed E-state index contributed by atoms with van der Waals surface area (Å²) in [5.41, 5.74) is -0.291. The molecule has 0 aromatic heterocycles. The third kappa shape index (κ3) is 3.67. The molecule has 1 saturated heterocycles. The molecule has 0 radical (unpaired) electrons. The molecule has 4 heteroatoms. The molecule has 0 bridgehead atoms. The Morgan fingerprint density at radius 3 is 2.62 bits per heavy atom. The van der Waals surface area contributed by atoms with E-state index >= 15 is 0 Å². The molecule has 3 nitrogen and oxygen atoms in total. The zero-order valence-electron chi connectivity index (χ0n) is 10.8. The highest BCUT2D eigenvalue weighted by molar-refractivity contribution is 7.99. The second kappa shape index (κ2) is 5.92. The average Bonchev–Trinajstić information content (AvgIpc) is 2.70. The maximum absolute atomic E-state index is 12.3. The van der Waals surface area contributed by atoms with Crippen molar-refractivity contribution in [1.29, 1.82) is 0 Å². The van der Waals surface area contributed by atoms with Crippen molar-refractivity contribution in [2.75, 3.05) is 31.8 Å². The zero-order valence-corrected chi connectivity index (χ0v) is 11.6. The fourth-order valence-corrected chi connectivity index (χ4v) is 3.06. The van der Waals surface area contributed by atoms with Gasteiger partial charge in [-0.1, -0.05) is 20.8 Å². The number of amides is 1. The monoisotopic (exact) mass is 245 g/mol. The van der Waals surface area contributed by atoms with Crippen molar-refractivity contribution in [3.63, 3.8) is 0 Å². The molecule has 94 valence electrons. The second-order valence-electron chi connectivity index (χ2n) is 5.26. The van der Waals surface area contributed by atoms with E-state index in [9.17, 15) is 4.79 Å². The highest BCUT2D eigenvalue weighted by Gasteiger charge is 2.33. The Hall–Kier alpha value is -0.220. The number of methoxy groups -OCH3 is 1. The number of hydrogen-bond donors (Lipinski definition) is 0. The van der Waals surface area contributed by atoms with Gasteiger partial charge in [0.25, 0.3) is 0 Å². The molecule has 0 aliphatic carbocycles. The normalized spacial score (nSPS) is 21.1. The first kappa shape index (κ1) is 13.8. The van der Waals surface area contributed by atoms with Crippen LogP contribution in [0.25, 0.3) is 0 Å². The fraction of sp³-hybridized carbons (Fsp3) is 0.917. The second-order valence-corrected chi connectivity index (χ2v) is 6.41. The van der Waals surface area contributed by atoms with Gasteiger partial charge in [0.15, 0.2) is 0 Å². The molecular weight excluding hydrogens is 222 g/mol.